The van der Waals surface area contributed by atoms with Crippen LogP contribution in [0.3, 0.4) is 0 Å². The van der Waals surface area contributed by atoms with Crippen molar-refractivity contribution in [1.82, 2.24) is 0 Å². The molecule has 0 aromatic heterocycles. The van der Waals surface area contributed by atoms with Crippen LogP contribution in [-0.4, -0.2) is 23.8 Å². The summed E-state index contributed by atoms with van der Waals surface area (Å²) >= 11 is 0. The minimum atomic E-state index is -0.476. The SMILES string of the molecule is CC(C)CC(=O)C(OC(C(=O)CC(C)C)C(C)C)C(C)C. The maximum atomic E-state index is 12.4. The fraction of sp³-hybridized carbons (Fsp3) is 0.889. The van der Waals surface area contributed by atoms with Crippen LogP contribution in [0.1, 0.15) is 68.2 Å². The van der Waals surface area contributed by atoms with Crippen molar-refractivity contribution in [3.05, 3.63) is 0 Å². The smallest absolute Gasteiger partial charge is 0.162 e. The van der Waals surface area contributed by atoms with Crippen molar-refractivity contribution in [1.29, 1.82) is 0 Å². The van der Waals surface area contributed by atoms with Crippen molar-refractivity contribution in [2.24, 2.45) is 23.7 Å². The van der Waals surface area contributed by atoms with Gasteiger partial charge in [-0.25, -0.2) is 0 Å². The van der Waals surface area contributed by atoms with Crippen LogP contribution in [0.4, 0.5) is 0 Å². The normalized spacial score (nSPS) is 15.0. The van der Waals surface area contributed by atoms with Gasteiger partial charge in [0.1, 0.15) is 12.2 Å². The largest absolute Gasteiger partial charge is 0.359 e. The molecule has 0 heterocycles. The van der Waals surface area contributed by atoms with E-state index in [2.05, 4.69) is 0 Å². The molecule has 0 aliphatic rings. The van der Waals surface area contributed by atoms with Crippen LogP contribution in [0.2, 0.25) is 0 Å². The molecule has 0 saturated heterocycles. The molecule has 0 N–H and O–H groups in total. The molecule has 0 radical (unpaired) electrons. The third-order valence-corrected chi connectivity index (χ3v) is 3.36. The molecular weight excluding hydrogens is 264 g/mol. The van der Waals surface area contributed by atoms with Crippen LogP contribution in [0.25, 0.3) is 0 Å². The Hall–Kier alpha value is -0.700. The maximum absolute atomic E-state index is 12.4. The summed E-state index contributed by atoms with van der Waals surface area (Å²) in [6.07, 6.45) is 0.0600. The molecule has 0 amide bonds. The highest BCUT2D eigenvalue weighted by atomic mass is 16.5. The van der Waals surface area contributed by atoms with Crippen LogP contribution in [0, 0.1) is 23.7 Å². The molecule has 3 heteroatoms. The Morgan fingerprint density at radius 3 is 1.14 bits per heavy atom. The summed E-state index contributed by atoms with van der Waals surface area (Å²) in [5.74, 6) is 1.03. The second-order valence-electron chi connectivity index (χ2n) is 7.59. The highest BCUT2D eigenvalue weighted by Crippen LogP contribution is 2.21. The predicted molar refractivity (Wildman–Crippen MR) is 87.3 cm³/mol. The van der Waals surface area contributed by atoms with E-state index in [1.165, 1.54) is 0 Å². The van der Waals surface area contributed by atoms with E-state index in [-0.39, 0.29) is 23.4 Å². The molecular formula is C18H34O3. The van der Waals surface area contributed by atoms with Crippen molar-refractivity contribution in [2.45, 2.75) is 80.4 Å². The molecule has 0 aliphatic heterocycles. The number of rotatable bonds is 10. The average Bonchev–Trinajstić information content (AvgIpc) is 2.25. The molecule has 0 spiro atoms. The topological polar surface area (TPSA) is 43.4 Å². The molecule has 3 nitrogen and oxygen atoms in total. The van der Waals surface area contributed by atoms with Crippen molar-refractivity contribution in [3.8, 4) is 0 Å². The molecule has 0 aromatic rings. The van der Waals surface area contributed by atoms with E-state index in [1.807, 2.05) is 55.4 Å². The Kier molecular flexibility index (Phi) is 9.03. The Morgan fingerprint density at radius 1 is 0.667 bits per heavy atom. The Bertz CT molecular complexity index is 297. The van der Waals surface area contributed by atoms with Gasteiger partial charge in [-0.15, -0.1) is 0 Å². The van der Waals surface area contributed by atoms with Crippen molar-refractivity contribution in [3.63, 3.8) is 0 Å². The Morgan fingerprint density at radius 2 is 0.952 bits per heavy atom. The third kappa shape index (κ3) is 7.75. The monoisotopic (exact) mass is 298 g/mol. The molecule has 0 fully saturated rings. The molecule has 2 unspecified atom stereocenters. The van der Waals surface area contributed by atoms with Gasteiger partial charge in [-0.3, -0.25) is 9.59 Å². The molecule has 0 aromatic carbocycles. The highest BCUT2D eigenvalue weighted by molar-refractivity contribution is 5.86. The molecule has 0 rings (SSSR count). The van der Waals surface area contributed by atoms with E-state index in [0.29, 0.717) is 24.7 Å². The number of Topliss-reactive ketones (excluding diaryl/α,β-unsaturated/α-hetero) is 2. The minimum absolute atomic E-state index is 0.0874. The molecule has 124 valence electrons. The third-order valence-electron chi connectivity index (χ3n) is 3.36. The number of ether oxygens (including phenoxy) is 1. The quantitative estimate of drug-likeness (QED) is 0.604. The first-order valence-corrected chi connectivity index (χ1v) is 8.27. The fourth-order valence-corrected chi connectivity index (χ4v) is 2.40. The van der Waals surface area contributed by atoms with Gasteiger partial charge >= 0.3 is 0 Å². The van der Waals surface area contributed by atoms with Crippen LogP contribution in [0.5, 0.6) is 0 Å². The van der Waals surface area contributed by atoms with E-state index in [9.17, 15) is 9.59 Å². The molecule has 0 bridgehead atoms. The lowest BCUT2D eigenvalue weighted by Gasteiger charge is -2.29. The van der Waals surface area contributed by atoms with Gasteiger partial charge in [0.2, 0.25) is 0 Å². The first-order chi connectivity index (χ1) is 9.56. The van der Waals surface area contributed by atoms with Crippen LogP contribution < -0.4 is 0 Å². The van der Waals surface area contributed by atoms with Crippen molar-refractivity contribution >= 4 is 11.6 Å². The highest BCUT2D eigenvalue weighted by Gasteiger charge is 2.31. The molecule has 0 aliphatic carbocycles. The van der Waals surface area contributed by atoms with Gasteiger partial charge in [-0.05, 0) is 23.7 Å². The van der Waals surface area contributed by atoms with Gasteiger partial charge in [-0.2, -0.15) is 0 Å². The van der Waals surface area contributed by atoms with Gasteiger partial charge in [0, 0.05) is 12.8 Å². The number of carbonyl (C=O) groups is 2. The zero-order valence-corrected chi connectivity index (χ0v) is 15.1. The second kappa shape index (κ2) is 9.34. The zero-order valence-electron chi connectivity index (χ0n) is 15.1. The Balaban J connectivity index is 4.99. The standard InChI is InChI=1S/C18H34O3/c1-11(2)9-15(19)17(13(5)6)21-18(14(7)8)16(20)10-12(3)4/h11-14,17-18H,9-10H2,1-8H3. The van der Waals surface area contributed by atoms with Crippen LogP contribution >= 0.6 is 0 Å². The second-order valence-corrected chi connectivity index (χ2v) is 7.59. The minimum Gasteiger partial charge on any atom is -0.359 e. The lowest BCUT2D eigenvalue weighted by Crippen LogP contribution is -2.40. The first-order valence-electron chi connectivity index (χ1n) is 8.27. The van der Waals surface area contributed by atoms with E-state index >= 15 is 0 Å². The molecule has 0 saturated carbocycles. The van der Waals surface area contributed by atoms with E-state index < -0.39 is 12.2 Å². The summed E-state index contributed by atoms with van der Waals surface area (Å²) in [5, 5.41) is 0. The van der Waals surface area contributed by atoms with Crippen LogP contribution in [0.15, 0.2) is 0 Å². The maximum Gasteiger partial charge on any atom is 0.162 e. The summed E-state index contributed by atoms with van der Waals surface area (Å²) in [7, 11) is 0. The van der Waals surface area contributed by atoms with Gasteiger partial charge in [-0.1, -0.05) is 55.4 Å². The summed E-state index contributed by atoms with van der Waals surface area (Å²) in [5.41, 5.74) is 0. The van der Waals surface area contributed by atoms with Gasteiger partial charge in [0.05, 0.1) is 0 Å². The average molecular weight is 298 g/mol. The van der Waals surface area contributed by atoms with Gasteiger partial charge < -0.3 is 4.74 Å². The lowest BCUT2D eigenvalue weighted by atomic mass is 9.93. The summed E-state index contributed by atoms with van der Waals surface area (Å²) < 4.78 is 6.00. The summed E-state index contributed by atoms with van der Waals surface area (Å²) in [4.78, 5) is 24.7. The Labute approximate surface area is 130 Å². The van der Waals surface area contributed by atoms with Crippen molar-refractivity contribution < 1.29 is 14.3 Å². The first kappa shape index (κ1) is 20.3. The van der Waals surface area contributed by atoms with E-state index in [0.717, 1.165) is 0 Å². The fourth-order valence-electron chi connectivity index (χ4n) is 2.40. The summed E-state index contributed by atoms with van der Waals surface area (Å²) in [6.45, 7) is 16.0. The number of carbonyl (C=O) groups excluding carboxylic acids is 2. The van der Waals surface area contributed by atoms with E-state index in [1.54, 1.807) is 0 Å². The summed E-state index contributed by atoms with van der Waals surface area (Å²) in [6, 6.07) is 0. The number of ketones is 2. The predicted octanol–water partition coefficient (Wildman–Crippen LogP) is 4.28. The zero-order chi connectivity index (χ0) is 16.7. The molecule has 2 atom stereocenters. The number of hydrogen-bond donors (Lipinski definition) is 0. The van der Waals surface area contributed by atoms with Gasteiger partial charge in [0.25, 0.3) is 0 Å². The van der Waals surface area contributed by atoms with Gasteiger partial charge in [0.15, 0.2) is 11.6 Å². The van der Waals surface area contributed by atoms with Crippen LogP contribution in [-0.2, 0) is 14.3 Å². The van der Waals surface area contributed by atoms with Crippen molar-refractivity contribution in [2.75, 3.05) is 0 Å². The lowest BCUT2D eigenvalue weighted by molar-refractivity contribution is -0.151. The van der Waals surface area contributed by atoms with E-state index in [4.69, 9.17) is 4.74 Å². The molecule has 21 heavy (non-hydrogen) atoms. The number of hydrogen-bond acceptors (Lipinski definition) is 3.